The van der Waals surface area contributed by atoms with Crippen LogP contribution in [0.1, 0.15) is 65.7 Å². The molecule has 2 fully saturated rings. The quantitative estimate of drug-likeness (QED) is 0.817. The van der Waals surface area contributed by atoms with Crippen molar-refractivity contribution >= 4 is 5.78 Å². The summed E-state index contributed by atoms with van der Waals surface area (Å²) in [6.07, 6.45) is 7.60. The molecule has 0 saturated heterocycles. The Labute approximate surface area is 130 Å². The fraction of sp³-hybridized carbons (Fsp3) is 0.944. The Morgan fingerprint density at radius 2 is 1.95 bits per heavy atom. The third kappa shape index (κ3) is 4.53. The van der Waals surface area contributed by atoms with Gasteiger partial charge in [0.05, 0.1) is 0 Å². The first-order valence-corrected chi connectivity index (χ1v) is 8.79. The Morgan fingerprint density at radius 3 is 2.48 bits per heavy atom. The molecule has 0 spiro atoms. The number of aliphatic hydroxyl groups excluding tert-OH is 1. The molecule has 0 aromatic heterocycles. The smallest absolute Gasteiger partial charge is 0.137 e. The van der Waals surface area contributed by atoms with Crippen molar-refractivity contribution in [2.24, 2.45) is 17.3 Å². The minimum atomic E-state index is 0.224. The molecule has 3 nitrogen and oxygen atoms in total. The average molecular weight is 295 g/mol. The van der Waals surface area contributed by atoms with Gasteiger partial charge in [-0.1, -0.05) is 27.2 Å². The average Bonchev–Trinajstić information content (AvgIpc) is 2.34. The highest BCUT2D eigenvalue weighted by Crippen LogP contribution is 2.39. The molecule has 0 aromatic carbocycles. The van der Waals surface area contributed by atoms with E-state index in [0.29, 0.717) is 23.2 Å². The van der Waals surface area contributed by atoms with E-state index in [2.05, 4.69) is 25.7 Å². The lowest BCUT2D eigenvalue weighted by atomic mass is 9.68. The van der Waals surface area contributed by atoms with Gasteiger partial charge in [0.25, 0.3) is 0 Å². The summed E-state index contributed by atoms with van der Waals surface area (Å²) in [6, 6.07) is 0.666. The molecule has 2 rings (SSSR count). The summed E-state index contributed by atoms with van der Waals surface area (Å²) in [5.41, 5.74) is 0.311. The van der Waals surface area contributed by atoms with Crippen LogP contribution in [0.3, 0.4) is 0 Å². The molecule has 122 valence electrons. The Hall–Kier alpha value is -0.410. The van der Waals surface area contributed by atoms with Gasteiger partial charge in [0.1, 0.15) is 5.78 Å². The SMILES string of the molecule is CC(C)(C)C1CCC(=O)C(CN(CCCO)C2CCC2)C1. The Morgan fingerprint density at radius 1 is 1.24 bits per heavy atom. The number of Topliss-reactive ketones (excluding diaryl/α,β-unsaturated/α-hetero) is 1. The molecule has 0 aromatic rings. The van der Waals surface area contributed by atoms with Gasteiger partial charge in [-0.25, -0.2) is 0 Å². The molecular weight excluding hydrogens is 262 g/mol. The van der Waals surface area contributed by atoms with Crippen molar-refractivity contribution in [3.05, 3.63) is 0 Å². The summed E-state index contributed by atoms with van der Waals surface area (Å²) < 4.78 is 0. The number of ketones is 1. The lowest BCUT2D eigenvalue weighted by Crippen LogP contribution is -2.46. The van der Waals surface area contributed by atoms with E-state index in [0.717, 1.165) is 38.8 Å². The highest BCUT2D eigenvalue weighted by Gasteiger charge is 2.37. The molecule has 1 N–H and O–H groups in total. The van der Waals surface area contributed by atoms with Crippen LogP contribution >= 0.6 is 0 Å². The van der Waals surface area contributed by atoms with Crippen LogP contribution < -0.4 is 0 Å². The number of hydrogen-bond donors (Lipinski definition) is 1. The van der Waals surface area contributed by atoms with Crippen molar-refractivity contribution in [2.45, 2.75) is 71.8 Å². The van der Waals surface area contributed by atoms with E-state index in [1.165, 1.54) is 19.3 Å². The van der Waals surface area contributed by atoms with Crippen LogP contribution in [-0.4, -0.2) is 41.5 Å². The van der Waals surface area contributed by atoms with Gasteiger partial charge >= 0.3 is 0 Å². The lowest BCUT2D eigenvalue weighted by molar-refractivity contribution is -0.127. The van der Waals surface area contributed by atoms with E-state index < -0.39 is 0 Å². The van der Waals surface area contributed by atoms with Crippen molar-refractivity contribution in [3.63, 3.8) is 0 Å². The van der Waals surface area contributed by atoms with Crippen molar-refractivity contribution in [2.75, 3.05) is 19.7 Å². The number of carbonyl (C=O) groups is 1. The minimum Gasteiger partial charge on any atom is -0.396 e. The van der Waals surface area contributed by atoms with Crippen LogP contribution in [0.15, 0.2) is 0 Å². The topological polar surface area (TPSA) is 40.5 Å². The zero-order valence-electron chi connectivity index (χ0n) is 14.1. The van der Waals surface area contributed by atoms with Gasteiger partial charge < -0.3 is 5.11 Å². The standard InChI is InChI=1S/C18H33NO2/c1-18(2,3)15-8-9-17(21)14(12-15)13-19(10-5-11-20)16-6-4-7-16/h14-16,20H,4-13H2,1-3H3. The van der Waals surface area contributed by atoms with E-state index in [1.807, 2.05) is 0 Å². The molecule has 2 atom stereocenters. The van der Waals surface area contributed by atoms with Crippen molar-refractivity contribution in [1.82, 2.24) is 4.90 Å². The third-order valence-electron chi connectivity index (χ3n) is 5.64. The maximum atomic E-state index is 12.3. The first-order valence-electron chi connectivity index (χ1n) is 8.79. The fourth-order valence-corrected chi connectivity index (χ4v) is 3.81. The molecule has 2 aliphatic carbocycles. The second kappa shape index (κ2) is 7.23. The fourth-order valence-electron chi connectivity index (χ4n) is 3.81. The molecule has 0 aliphatic heterocycles. The van der Waals surface area contributed by atoms with Crippen LogP contribution in [0, 0.1) is 17.3 Å². The summed E-state index contributed by atoms with van der Waals surface area (Å²) in [6.45, 7) is 9.05. The second-order valence-electron chi connectivity index (χ2n) is 8.16. The highest BCUT2D eigenvalue weighted by atomic mass is 16.3. The summed E-state index contributed by atoms with van der Waals surface area (Å²) in [5.74, 6) is 1.37. The van der Waals surface area contributed by atoms with E-state index in [-0.39, 0.29) is 12.5 Å². The van der Waals surface area contributed by atoms with Gasteiger partial charge in [0, 0.05) is 38.1 Å². The number of carbonyl (C=O) groups excluding carboxylic acids is 1. The van der Waals surface area contributed by atoms with E-state index in [1.54, 1.807) is 0 Å². The van der Waals surface area contributed by atoms with Crippen LogP contribution in [-0.2, 0) is 4.79 Å². The first-order chi connectivity index (χ1) is 9.91. The Kier molecular flexibility index (Phi) is 5.84. The minimum absolute atomic E-state index is 0.224. The summed E-state index contributed by atoms with van der Waals surface area (Å²) >= 11 is 0. The third-order valence-corrected chi connectivity index (χ3v) is 5.64. The number of aliphatic hydroxyl groups is 1. The molecule has 0 radical (unpaired) electrons. The molecule has 2 saturated carbocycles. The monoisotopic (exact) mass is 295 g/mol. The van der Waals surface area contributed by atoms with Gasteiger partial charge in [0.2, 0.25) is 0 Å². The van der Waals surface area contributed by atoms with Gasteiger partial charge in [-0.3, -0.25) is 9.69 Å². The molecule has 3 heteroatoms. The predicted octanol–water partition coefficient (Wildman–Crippen LogP) is 3.25. The predicted molar refractivity (Wildman–Crippen MR) is 86.2 cm³/mol. The van der Waals surface area contributed by atoms with E-state index in [4.69, 9.17) is 5.11 Å². The first kappa shape index (κ1) is 17.0. The van der Waals surface area contributed by atoms with Crippen molar-refractivity contribution in [3.8, 4) is 0 Å². The Balaban J connectivity index is 1.94. The molecule has 2 aliphatic rings. The number of nitrogens with zero attached hydrogens (tertiary/aromatic N) is 1. The van der Waals surface area contributed by atoms with Crippen molar-refractivity contribution < 1.29 is 9.90 Å². The molecular formula is C18H33NO2. The van der Waals surface area contributed by atoms with Crippen LogP contribution in [0.2, 0.25) is 0 Å². The molecule has 0 heterocycles. The summed E-state index contributed by atoms with van der Waals surface area (Å²) in [4.78, 5) is 14.8. The molecule has 0 amide bonds. The number of hydrogen-bond acceptors (Lipinski definition) is 3. The largest absolute Gasteiger partial charge is 0.396 e. The molecule has 2 unspecified atom stereocenters. The summed E-state index contributed by atoms with van der Waals surface area (Å²) in [7, 11) is 0. The molecule has 21 heavy (non-hydrogen) atoms. The van der Waals surface area contributed by atoms with Crippen LogP contribution in [0.25, 0.3) is 0 Å². The van der Waals surface area contributed by atoms with Gasteiger partial charge in [-0.2, -0.15) is 0 Å². The van der Waals surface area contributed by atoms with Crippen molar-refractivity contribution in [1.29, 1.82) is 0 Å². The Bertz CT molecular complexity index is 344. The van der Waals surface area contributed by atoms with E-state index in [9.17, 15) is 4.79 Å². The summed E-state index contributed by atoms with van der Waals surface area (Å²) in [5, 5.41) is 9.10. The van der Waals surface area contributed by atoms with E-state index >= 15 is 0 Å². The van der Waals surface area contributed by atoms with Crippen LogP contribution in [0.4, 0.5) is 0 Å². The maximum absolute atomic E-state index is 12.3. The zero-order chi connectivity index (χ0) is 15.5. The number of rotatable bonds is 6. The molecule has 0 bridgehead atoms. The van der Waals surface area contributed by atoms with Gasteiger partial charge in [-0.05, 0) is 43.4 Å². The zero-order valence-corrected chi connectivity index (χ0v) is 14.1. The van der Waals surface area contributed by atoms with Crippen LogP contribution in [0.5, 0.6) is 0 Å². The normalized spacial score (nSPS) is 28.0. The second-order valence-corrected chi connectivity index (χ2v) is 8.16. The van der Waals surface area contributed by atoms with Gasteiger partial charge in [-0.15, -0.1) is 0 Å². The lowest BCUT2D eigenvalue weighted by Gasteiger charge is -2.42. The highest BCUT2D eigenvalue weighted by molar-refractivity contribution is 5.82. The van der Waals surface area contributed by atoms with Gasteiger partial charge in [0.15, 0.2) is 0 Å². The maximum Gasteiger partial charge on any atom is 0.137 e.